The monoisotopic (exact) mass is 518 g/mol. The molecular weight excluding hydrogens is 480 g/mol. The average Bonchev–Trinajstić information content (AvgIpc) is 3.04. The van der Waals surface area contributed by atoms with Crippen LogP contribution in [0.25, 0.3) is 0 Å². The van der Waals surface area contributed by atoms with Crippen molar-refractivity contribution in [3.05, 3.63) is 23.8 Å². The molecule has 6 nitrogen and oxygen atoms in total. The molecule has 3 fully saturated rings. The van der Waals surface area contributed by atoms with Crippen LogP contribution in [0.5, 0.6) is 0 Å². The van der Waals surface area contributed by atoms with Crippen molar-refractivity contribution in [2.45, 2.75) is 84.6 Å². The Balaban J connectivity index is 1.77. The number of halogens is 1. The maximum atomic E-state index is 14.0. The summed E-state index contributed by atoms with van der Waals surface area (Å²) in [5.41, 5.74) is -1.29. The van der Waals surface area contributed by atoms with Crippen LogP contribution < -0.4 is 0 Å². The van der Waals surface area contributed by atoms with Crippen molar-refractivity contribution in [2.24, 2.45) is 40.4 Å². The van der Waals surface area contributed by atoms with Crippen molar-refractivity contribution in [1.82, 2.24) is 0 Å². The van der Waals surface area contributed by atoms with E-state index in [4.69, 9.17) is 21.1 Å². The molecule has 8 atom stereocenters. The number of ether oxygens (including phenoxy) is 2. The number of carbonyl (C=O) groups is 4. The Hall–Kier alpha value is -1.95. The molecule has 36 heavy (non-hydrogen) atoms. The topological polar surface area (TPSA) is 86.7 Å². The zero-order valence-electron chi connectivity index (χ0n) is 22.3. The zero-order valence-corrected chi connectivity index (χ0v) is 23.0. The summed E-state index contributed by atoms with van der Waals surface area (Å²) in [6.07, 6.45) is 8.51. The molecule has 7 heteroatoms. The number of esters is 2. The Kier molecular flexibility index (Phi) is 7.09. The molecule has 4 aliphatic carbocycles. The molecule has 2 unspecified atom stereocenters. The molecule has 3 saturated carbocycles. The van der Waals surface area contributed by atoms with Crippen LogP contribution in [0.2, 0.25) is 0 Å². The van der Waals surface area contributed by atoms with Gasteiger partial charge in [-0.15, -0.1) is 11.6 Å². The van der Waals surface area contributed by atoms with Crippen molar-refractivity contribution < 1.29 is 28.7 Å². The normalized spacial score (nSPS) is 41.2. The summed E-state index contributed by atoms with van der Waals surface area (Å²) < 4.78 is 11.5. The molecule has 0 aromatic carbocycles. The van der Waals surface area contributed by atoms with Gasteiger partial charge >= 0.3 is 11.9 Å². The highest BCUT2D eigenvalue weighted by Crippen LogP contribution is 2.70. The van der Waals surface area contributed by atoms with Gasteiger partial charge in [-0.05, 0) is 55.6 Å². The van der Waals surface area contributed by atoms with E-state index >= 15 is 0 Å². The van der Waals surface area contributed by atoms with Crippen LogP contribution in [0, 0.1) is 40.4 Å². The average molecular weight is 519 g/mol. The molecule has 4 aliphatic rings. The standard InChI is InChI=1S/C29H39ClO6/c1-7-24(33)35-15-23(32)29(36-26(34)16(2)3)17(4)12-21-20-9-8-18-13-19(31)10-11-27(18,5)25(20)22(30)14-28(21,29)6/h10-11,13,16-17,20-22,25H,7-9,12,14-15H2,1-6H3/t17?,20-,21-,22?,25+,27-,28-,29-/m0/s1. The SMILES string of the molecule is CCC(=O)OCC(=O)[C@@]1(OC(=O)C(C)C)C(C)C[C@H]2[C@@H]3CCC4=CC(=O)C=C[C@]4(C)[C@H]3C(Cl)C[C@@]21C. The molecule has 0 bridgehead atoms. The van der Waals surface area contributed by atoms with Crippen molar-refractivity contribution in [1.29, 1.82) is 0 Å². The third kappa shape index (κ3) is 3.90. The lowest BCUT2D eigenvalue weighted by Gasteiger charge is -2.60. The molecule has 0 aromatic rings. The van der Waals surface area contributed by atoms with Crippen molar-refractivity contribution in [2.75, 3.05) is 6.61 Å². The molecular formula is C29H39ClO6. The molecule has 0 amide bonds. The molecule has 198 valence electrons. The minimum absolute atomic E-state index is 0.0222. The van der Waals surface area contributed by atoms with Crippen LogP contribution in [0.4, 0.5) is 0 Å². The number of fused-ring (bicyclic) bond motifs is 5. The number of Topliss-reactive ketones (excluding diaryl/α,β-unsaturated/α-hetero) is 1. The predicted octanol–water partition coefficient (Wildman–Crippen LogP) is 5.22. The van der Waals surface area contributed by atoms with Gasteiger partial charge in [0.1, 0.15) is 0 Å². The Bertz CT molecular complexity index is 1030. The van der Waals surface area contributed by atoms with Gasteiger partial charge in [0.25, 0.3) is 0 Å². The van der Waals surface area contributed by atoms with E-state index < -0.39 is 35.5 Å². The van der Waals surface area contributed by atoms with Gasteiger partial charge in [0.2, 0.25) is 5.78 Å². The number of carbonyl (C=O) groups excluding carboxylic acids is 4. The van der Waals surface area contributed by atoms with E-state index in [1.807, 2.05) is 19.9 Å². The van der Waals surface area contributed by atoms with Gasteiger partial charge in [-0.3, -0.25) is 19.2 Å². The molecule has 0 saturated heterocycles. The summed E-state index contributed by atoms with van der Waals surface area (Å²) in [6, 6.07) is 0. The van der Waals surface area contributed by atoms with Crippen LogP contribution in [0.15, 0.2) is 23.8 Å². The maximum absolute atomic E-state index is 14.0. The number of hydrogen-bond acceptors (Lipinski definition) is 6. The smallest absolute Gasteiger partial charge is 0.309 e. The first-order valence-corrected chi connectivity index (χ1v) is 13.8. The van der Waals surface area contributed by atoms with E-state index in [2.05, 4.69) is 6.92 Å². The van der Waals surface area contributed by atoms with Gasteiger partial charge in [-0.1, -0.05) is 53.2 Å². The van der Waals surface area contributed by atoms with E-state index in [1.165, 1.54) is 0 Å². The summed E-state index contributed by atoms with van der Waals surface area (Å²) in [6.45, 7) is 11.0. The first-order valence-electron chi connectivity index (χ1n) is 13.3. The molecule has 0 heterocycles. The van der Waals surface area contributed by atoms with Gasteiger partial charge in [0.05, 0.1) is 5.92 Å². The van der Waals surface area contributed by atoms with E-state index in [-0.39, 0.29) is 52.5 Å². The lowest BCUT2D eigenvalue weighted by atomic mass is 9.47. The van der Waals surface area contributed by atoms with Gasteiger partial charge in [0.15, 0.2) is 18.0 Å². The Morgan fingerprint density at radius 2 is 1.92 bits per heavy atom. The minimum atomic E-state index is -1.42. The number of hydrogen-bond donors (Lipinski definition) is 0. The molecule has 0 aromatic heterocycles. The third-order valence-electron chi connectivity index (χ3n) is 9.80. The largest absolute Gasteiger partial charge is 0.457 e. The van der Waals surface area contributed by atoms with Crippen LogP contribution in [-0.2, 0) is 28.7 Å². The van der Waals surface area contributed by atoms with E-state index in [0.29, 0.717) is 6.42 Å². The predicted molar refractivity (Wildman–Crippen MR) is 136 cm³/mol. The van der Waals surface area contributed by atoms with Gasteiger partial charge in [0, 0.05) is 28.5 Å². The van der Waals surface area contributed by atoms with Crippen molar-refractivity contribution >= 4 is 35.1 Å². The second-order valence-corrected chi connectivity index (χ2v) is 12.6. The number of allylic oxidation sites excluding steroid dienone is 4. The third-order valence-corrected chi connectivity index (χ3v) is 10.2. The van der Waals surface area contributed by atoms with E-state index in [0.717, 1.165) is 24.8 Å². The van der Waals surface area contributed by atoms with Crippen molar-refractivity contribution in [3.8, 4) is 0 Å². The second-order valence-electron chi connectivity index (χ2n) is 12.0. The molecule has 0 N–H and O–H groups in total. The fourth-order valence-electron chi connectivity index (χ4n) is 8.07. The van der Waals surface area contributed by atoms with Gasteiger partial charge in [-0.2, -0.15) is 0 Å². The first kappa shape index (κ1) is 27.1. The number of rotatable bonds is 6. The van der Waals surface area contributed by atoms with Gasteiger partial charge in [-0.25, -0.2) is 0 Å². The van der Waals surface area contributed by atoms with E-state index in [9.17, 15) is 19.2 Å². The Morgan fingerprint density at radius 1 is 1.22 bits per heavy atom. The fourth-order valence-corrected chi connectivity index (χ4v) is 8.84. The minimum Gasteiger partial charge on any atom is -0.457 e. The number of alkyl halides is 1. The Labute approximate surface area is 219 Å². The highest BCUT2D eigenvalue weighted by molar-refractivity contribution is 6.21. The lowest BCUT2D eigenvalue weighted by Crippen LogP contribution is -2.63. The van der Waals surface area contributed by atoms with Crippen LogP contribution in [-0.4, -0.2) is 41.1 Å². The number of ketones is 2. The molecule has 0 aliphatic heterocycles. The summed E-state index contributed by atoms with van der Waals surface area (Å²) in [7, 11) is 0. The highest BCUT2D eigenvalue weighted by Gasteiger charge is 2.72. The Morgan fingerprint density at radius 3 is 2.56 bits per heavy atom. The second kappa shape index (κ2) is 9.41. The summed E-state index contributed by atoms with van der Waals surface area (Å²) in [4.78, 5) is 51.0. The first-order chi connectivity index (χ1) is 16.8. The quantitative estimate of drug-likeness (QED) is 0.354. The molecule has 0 radical (unpaired) electrons. The van der Waals surface area contributed by atoms with Crippen LogP contribution >= 0.6 is 11.6 Å². The molecule has 0 spiro atoms. The van der Waals surface area contributed by atoms with Crippen molar-refractivity contribution in [3.63, 3.8) is 0 Å². The van der Waals surface area contributed by atoms with E-state index in [1.54, 1.807) is 32.9 Å². The summed E-state index contributed by atoms with van der Waals surface area (Å²) >= 11 is 7.24. The van der Waals surface area contributed by atoms with Crippen LogP contribution in [0.3, 0.4) is 0 Å². The summed E-state index contributed by atoms with van der Waals surface area (Å²) in [5, 5.41) is -0.281. The highest BCUT2D eigenvalue weighted by atomic mass is 35.5. The van der Waals surface area contributed by atoms with Gasteiger partial charge < -0.3 is 9.47 Å². The molecule has 4 rings (SSSR count). The lowest BCUT2D eigenvalue weighted by molar-refractivity contribution is -0.199. The fraction of sp³-hybridized carbons (Fsp3) is 0.724. The van der Waals surface area contributed by atoms with Crippen LogP contribution in [0.1, 0.15) is 73.6 Å². The zero-order chi connectivity index (χ0) is 26.6. The maximum Gasteiger partial charge on any atom is 0.309 e. The summed E-state index contributed by atoms with van der Waals surface area (Å²) in [5.74, 6) is -1.46.